The summed E-state index contributed by atoms with van der Waals surface area (Å²) in [4.78, 5) is 27.4. The largest absolute Gasteiger partial charge is 0.481 e. The molecule has 6 nitrogen and oxygen atoms in total. The first kappa shape index (κ1) is 19.6. The first-order chi connectivity index (χ1) is 13.3. The molecular formula is C22H23NO5. The fraction of sp³-hybridized carbons (Fsp3) is 0.318. The van der Waals surface area contributed by atoms with Crippen molar-refractivity contribution >= 4 is 11.9 Å². The predicted molar refractivity (Wildman–Crippen MR) is 103 cm³/mol. The van der Waals surface area contributed by atoms with E-state index in [1.165, 1.54) is 6.08 Å². The molecule has 0 amide bonds. The maximum Gasteiger partial charge on any atom is 0.327 e. The molecule has 28 heavy (non-hydrogen) atoms. The lowest BCUT2D eigenvalue weighted by Gasteiger charge is -2.15. The van der Waals surface area contributed by atoms with Crippen LogP contribution in [0.15, 0.2) is 60.7 Å². The zero-order valence-corrected chi connectivity index (χ0v) is 15.8. The number of para-hydroxylation sites is 1. The quantitative estimate of drug-likeness (QED) is 0.666. The van der Waals surface area contributed by atoms with E-state index >= 15 is 0 Å². The highest BCUT2D eigenvalue weighted by atomic mass is 16.5. The number of pyridine rings is 1. The Hall–Kier alpha value is -3.15. The number of carboxylic acids is 2. The molecule has 1 aromatic heterocycles. The summed E-state index contributed by atoms with van der Waals surface area (Å²) in [6, 6.07) is 14.7. The lowest BCUT2D eigenvalue weighted by atomic mass is 9.90. The summed E-state index contributed by atoms with van der Waals surface area (Å²) in [7, 11) is 0. The van der Waals surface area contributed by atoms with Crippen molar-refractivity contribution in [2.24, 2.45) is 16.7 Å². The Morgan fingerprint density at radius 1 is 1.11 bits per heavy atom. The van der Waals surface area contributed by atoms with Crippen LogP contribution in [-0.2, 0) is 16.0 Å². The molecule has 1 aliphatic carbocycles. The third-order valence-electron chi connectivity index (χ3n) is 5.71. The molecule has 2 aromatic rings. The van der Waals surface area contributed by atoms with Crippen LogP contribution >= 0.6 is 0 Å². The van der Waals surface area contributed by atoms with Gasteiger partial charge in [0.05, 0.1) is 5.41 Å². The van der Waals surface area contributed by atoms with Gasteiger partial charge in [-0.2, -0.15) is 0 Å². The molecule has 1 aromatic carbocycles. The second-order valence-corrected chi connectivity index (χ2v) is 7.56. The minimum atomic E-state index is -1.07. The molecule has 0 spiro atoms. The number of aromatic nitrogens is 1. The van der Waals surface area contributed by atoms with E-state index in [4.69, 9.17) is 9.84 Å². The van der Waals surface area contributed by atoms with Crippen LogP contribution in [0.25, 0.3) is 0 Å². The van der Waals surface area contributed by atoms with Gasteiger partial charge in [0.1, 0.15) is 5.75 Å². The number of hydrogen-bond donors (Lipinski definition) is 2. The van der Waals surface area contributed by atoms with Gasteiger partial charge in [0, 0.05) is 23.8 Å². The second kappa shape index (κ2) is 7.46. The standard InChI is InChI=1S/C22H23NO5/c1-21(2)17(11-12-19(24)25)22(21,20(26)27)14-13-15-7-6-10-18(23-15)28-16-8-4-3-5-9-16/h3-12,17H,13-14H2,1-2H3,(H,24,25)(H,26,27)/b12-11-/t17-,22+/m1/s1. The molecule has 6 heteroatoms. The van der Waals surface area contributed by atoms with Crippen molar-refractivity contribution < 1.29 is 24.5 Å². The third-order valence-corrected chi connectivity index (χ3v) is 5.71. The number of aliphatic carboxylic acids is 2. The molecule has 0 unspecified atom stereocenters. The molecule has 1 fully saturated rings. The highest BCUT2D eigenvalue weighted by Gasteiger charge is 2.74. The minimum Gasteiger partial charge on any atom is -0.481 e. The Bertz CT molecular complexity index is 906. The number of allylic oxidation sites excluding steroid dienone is 1. The van der Waals surface area contributed by atoms with Crippen LogP contribution in [0.5, 0.6) is 11.6 Å². The van der Waals surface area contributed by atoms with Gasteiger partial charge in [0.2, 0.25) is 5.88 Å². The number of benzene rings is 1. The fourth-order valence-corrected chi connectivity index (χ4v) is 4.06. The van der Waals surface area contributed by atoms with Crippen LogP contribution in [0.4, 0.5) is 0 Å². The molecule has 146 valence electrons. The van der Waals surface area contributed by atoms with Gasteiger partial charge < -0.3 is 14.9 Å². The summed E-state index contributed by atoms with van der Waals surface area (Å²) in [6.45, 7) is 3.72. The van der Waals surface area contributed by atoms with Crippen molar-refractivity contribution in [3.8, 4) is 11.6 Å². The van der Waals surface area contributed by atoms with Crippen molar-refractivity contribution in [3.05, 3.63) is 66.4 Å². The van der Waals surface area contributed by atoms with Crippen molar-refractivity contribution in [2.45, 2.75) is 26.7 Å². The van der Waals surface area contributed by atoms with Crippen LogP contribution in [0.2, 0.25) is 0 Å². The summed E-state index contributed by atoms with van der Waals surface area (Å²) in [6.07, 6.45) is 3.35. The maximum absolute atomic E-state index is 12.1. The Labute approximate surface area is 163 Å². The van der Waals surface area contributed by atoms with Gasteiger partial charge in [-0.3, -0.25) is 4.79 Å². The van der Waals surface area contributed by atoms with Gasteiger partial charge in [-0.25, -0.2) is 9.78 Å². The Balaban J connectivity index is 1.74. The summed E-state index contributed by atoms with van der Waals surface area (Å²) in [5.41, 5.74) is -0.794. The molecule has 3 rings (SSSR count). The van der Waals surface area contributed by atoms with Gasteiger partial charge >= 0.3 is 11.9 Å². The van der Waals surface area contributed by atoms with E-state index in [9.17, 15) is 14.7 Å². The van der Waals surface area contributed by atoms with Crippen LogP contribution in [0, 0.1) is 16.7 Å². The van der Waals surface area contributed by atoms with Crippen molar-refractivity contribution in [1.82, 2.24) is 4.98 Å². The van der Waals surface area contributed by atoms with Crippen LogP contribution in [0.3, 0.4) is 0 Å². The highest BCUT2D eigenvalue weighted by Crippen LogP contribution is 2.71. The summed E-state index contributed by atoms with van der Waals surface area (Å²) < 4.78 is 5.74. The Morgan fingerprint density at radius 3 is 2.46 bits per heavy atom. The molecule has 2 atom stereocenters. The molecule has 0 radical (unpaired) electrons. The van der Waals surface area contributed by atoms with Gasteiger partial charge in [0.25, 0.3) is 0 Å². The van der Waals surface area contributed by atoms with Crippen molar-refractivity contribution in [3.63, 3.8) is 0 Å². The van der Waals surface area contributed by atoms with Gasteiger partial charge in [-0.15, -0.1) is 0 Å². The molecule has 1 heterocycles. The summed E-state index contributed by atoms with van der Waals surface area (Å²) in [5.74, 6) is -1.19. The topological polar surface area (TPSA) is 96.7 Å². The van der Waals surface area contributed by atoms with E-state index in [2.05, 4.69) is 4.98 Å². The van der Waals surface area contributed by atoms with E-state index < -0.39 is 22.8 Å². The normalized spacial score (nSPS) is 22.7. The maximum atomic E-state index is 12.1. The third kappa shape index (κ3) is 3.63. The number of nitrogens with zero attached hydrogens (tertiary/aromatic N) is 1. The number of ether oxygens (including phenoxy) is 1. The van der Waals surface area contributed by atoms with E-state index in [1.807, 2.05) is 56.3 Å². The Kier molecular flexibility index (Phi) is 5.23. The van der Waals surface area contributed by atoms with Crippen LogP contribution < -0.4 is 4.74 Å². The fourth-order valence-electron chi connectivity index (χ4n) is 4.06. The molecule has 0 bridgehead atoms. The molecule has 0 aliphatic heterocycles. The molecule has 1 saturated carbocycles. The van der Waals surface area contributed by atoms with E-state index in [0.717, 1.165) is 11.8 Å². The Morgan fingerprint density at radius 2 is 1.82 bits per heavy atom. The highest BCUT2D eigenvalue weighted by molar-refractivity contribution is 5.84. The monoisotopic (exact) mass is 381 g/mol. The SMILES string of the molecule is CC1(C)[C@@H](/C=C\C(=O)O)[C@@]1(CCc1cccc(Oc2ccccc2)n1)C(=O)O. The number of hydrogen-bond acceptors (Lipinski definition) is 4. The van der Waals surface area contributed by atoms with E-state index in [0.29, 0.717) is 24.5 Å². The van der Waals surface area contributed by atoms with Gasteiger partial charge in [0.15, 0.2) is 0 Å². The number of rotatable bonds is 8. The smallest absolute Gasteiger partial charge is 0.327 e. The minimum absolute atomic E-state index is 0.336. The van der Waals surface area contributed by atoms with E-state index in [-0.39, 0.29) is 5.92 Å². The second-order valence-electron chi connectivity index (χ2n) is 7.56. The van der Waals surface area contributed by atoms with Crippen LogP contribution in [0.1, 0.15) is 26.0 Å². The first-order valence-corrected chi connectivity index (χ1v) is 9.11. The molecule has 0 saturated heterocycles. The number of carbonyl (C=O) groups is 2. The zero-order chi connectivity index (χ0) is 20.4. The summed E-state index contributed by atoms with van der Waals surface area (Å²) >= 11 is 0. The average Bonchev–Trinajstić information content (AvgIpc) is 3.14. The lowest BCUT2D eigenvalue weighted by molar-refractivity contribution is -0.145. The van der Waals surface area contributed by atoms with Crippen molar-refractivity contribution in [1.29, 1.82) is 0 Å². The molecular weight excluding hydrogens is 358 g/mol. The number of carboxylic acid groups (broad SMARTS) is 2. The first-order valence-electron chi connectivity index (χ1n) is 9.11. The summed E-state index contributed by atoms with van der Waals surface area (Å²) in [5, 5.41) is 18.7. The van der Waals surface area contributed by atoms with Gasteiger partial charge in [-0.05, 0) is 36.5 Å². The average molecular weight is 381 g/mol. The zero-order valence-electron chi connectivity index (χ0n) is 15.8. The lowest BCUT2D eigenvalue weighted by Crippen LogP contribution is -2.22. The van der Waals surface area contributed by atoms with Crippen molar-refractivity contribution in [2.75, 3.05) is 0 Å². The molecule has 2 N–H and O–H groups in total. The van der Waals surface area contributed by atoms with Gasteiger partial charge in [-0.1, -0.05) is 44.2 Å². The predicted octanol–water partition coefficient (Wildman–Crippen LogP) is 4.17. The van der Waals surface area contributed by atoms with Crippen LogP contribution in [-0.4, -0.2) is 27.1 Å². The number of aryl methyl sites for hydroxylation is 1. The van der Waals surface area contributed by atoms with E-state index in [1.54, 1.807) is 6.07 Å². The molecule has 1 aliphatic rings.